The Morgan fingerprint density at radius 1 is 1.36 bits per heavy atom. The number of carbonyl (C=O) groups is 1. The Bertz CT molecular complexity index is 149. The van der Waals surface area contributed by atoms with Gasteiger partial charge >= 0.3 is 0 Å². The second kappa shape index (κ2) is 8.97. The molecule has 0 bridgehead atoms. The maximum atomic E-state index is 10.7. The molecule has 0 rings (SSSR count). The van der Waals surface area contributed by atoms with Crippen molar-refractivity contribution in [1.29, 1.82) is 0 Å². The van der Waals surface area contributed by atoms with E-state index in [0.29, 0.717) is 13.0 Å². The summed E-state index contributed by atoms with van der Waals surface area (Å²) < 4.78 is 5.36. The third-order valence-corrected chi connectivity index (χ3v) is 1.92. The molecule has 0 aromatic heterocycles. The zero-order chi connectivity index (χ0) is 10.8. The number of hydrogen-bond donors (Lipinski definition) is 2. The highest BCUT2D eigenvalue weighted by Gasteiger charge is 1.98. The van der Waals surface area contributed by atoms with Gasteiger partial charge in [0.25, 0.3) is 0 Å². The van der Waals surface area contributed by atoms with E-state index >= 15 is 0 Å². The summed E-state index contributed by atoms with van der Waals surface area (Å²) in [6.07, 6.45) is 3.48. The van der Waals surface area contributed by atoms with Gasteiger partial charge < -0.3 is 4.74 Å². The maximum absolute atomic E-state index is 10.7. The van der Waals surface area contributed by atoms with Gasteiger partial charge in [-0.25, -0.2) is 5.84 Å². The summed E-state index contributed by atoms with van der Waals surface area (Å²) in [7, 11) is 0. The van der Waals surface area contributed by atoms with Gasteiger partial charge in [-0.1, -0.05) is 13.8 Å². The number of hydrazine groups is 1. The van der Waals surface area contributed by atoms with Crippen LogP contribution in [0.3, 0.4) is 0 Å². The van der Waals surface area contributed by atoms with Crippen molar-refractivity contribution >= 4 is 5.91 Å². The van der Waals surface area contributed by atoms with Gasteiger partial charge in [0.15, 0.2) is 0 Å². The molecule has 0 fully saturated rings. The summed E-state index contributed by atoms with van der Waals surface area (Å²) in [6.45, 7) is 5.84. The molecule has 4 nitrogen and oxygen atoms in total. The fraction of sp³-hybridized carbons (Fsp3) is 0.900. The van der Waals surface area contributed by atoms with Gasteiger partial charge in [-0.3, -0.25) is 10.2 Å². The molecule has 1 amide bonds. The molecule has 0 aromatic rings. The molecular formula is C10H22N2O2. The van der Waals surface area contributed by atoms with Crippen molar-refractivity contribution in [3.63, 3.8) is 0 Å². The number of nitrogens with one attached hydrogen (secondary N) is 1. The van der Waals surface area contributed by atoms with Gasteiger partial charge in [0.1, 0.15) is 0 Å². The average molecular weight is 202 g/mol. The Morgan fingerprint density at radius 3 is 2.57 bits per heavy atom. The quantitative estimate of drug-likeness (QED) is 0.269. The van der Waals surface area contributed by atoms with Crippen molar-refractivity contribution in [3.8, 4) is 0 Å². The number of hydrogen-bond acceptors (Lipinski definition) is 3. The molecule has 0 unspecified atom stereocenters. The molecule has 0 atom stereocenters. The zero-order valence-electron chi connectivity index (χ0n) is 9.21. The Balaban J connectivity index is 3.03. The monoisotopic (exact) mass is 202 g/mol. The van der Waals surface area contributed by atoms with E-state index in [-0.39, 0.29) is 5.91 Å². The van der Waals surface area contributed by atoms with Crippen LogP contribution in [0.15, 0.2) is 0 Å². The predicted molar refractivity (Wildman–Crippen MR) is 56.5 cm³/mol. The topological polar surface area (TPSA) is 64.3 Å². The predicted octanol–water partition coefficient (Wildman–Crippen LogP) is 1.21. The number of ether oxygens (including phenoxy) is 1. The molecule has 0 saturated carbocycles. The average Bonchev–Trinajstić information content (AvgIpc) is 2.15. The molecule has 0 aliphatic heterocycles. The van der Waals surface area contributed by atoms with Crippen LogP contribution >= 0.6 is 0 Å². The number of carbonyl (C=O) groups excluding carboxylic acids is 1. The minimum absolute atomic E-state index is 0.129. The summed E-state index contributed by atoms with van der Waals surface area (Å²) >= 11 is 0. The molecule has 4 heteroatoms. The van der Waals surface area contributed by atoms with E-state index in [1.807, 2.05) is 0 Å². The van der Waals surface area contributed by atoms with Crippen LogP contribution in [-0.2, 0) is 9.53 Å². The Labute approximate surface area is 86.2 Å². The third kappa shape index (κ3) is 9.48. The largest absolute Gasteiger partial charge is 0.381 e. The van der Waals surface area contributed by atoms with Crippen LogP contribution in [0.1, 0.15) is 39.5 Å². The summed E-state index contributed by atoms with van der Waals surface area (Å²) in [4.78, 5) is 10.7. The highest BCUT2D eigenvalue weighted by atomic mass is 16.5. The zero-order valence-corrected chi connectivity index (χ0v) is 9.21. The smallest absolute Gasteiger partial charge is 0.233 e. The van der Waals surface area contributed by atoms with E-state index in [4.69, 9.17) is 10.6 Å². The molecule has 0 radical (unpaired) electrons. The van der Waals surface area contributed by atoms with E-state index in [2.05, 4.69) is 19.3 Å². The number of rotatable bonds is 8. The molecule has 0 spiro atoms. The molecule has 0 heterocycles. The van der Waals surface area contributed by atoms with Crippen LogP contribution in [-0.4, -0.2) is 19.1 Å². The van der Waals surface area contributed by atoms with E-state index in [0.717, 1.165) is 25.4 Å². The van der Waals surface area contributed by atoms with Crippen LogP contribution < -0.4 is 11.3 Å². The minimum Gasteiger partial charge on any atom is -0.381 e. The third-order valence-electron chi connectivity index (χ3n) is 1.92. The molecule has 0 aliphatic rings. The first-order valence-electron chi connectivity index (χ1n) is 5.24. The first-order valence-corrected chi connectivity index (χ1v) is 5.24. The van der Waals surface area contributed by atoms with E-state index in [9.17, 15) is 4.79 Å². The van der Waals surface area contributed by atoms with Crippen LogP contribution in [0, 0.1) is 5.92 Å². The molecule has 0 aliphatic carbocycles. The molecule has 14 heavy (non-hydrogen) atoms. The SMILES string of the molecule is CC(C)CCCOCCCC(=O)NN. The van der Waals surface area contributed by atoms with Crippen molar-refractivity contribution in [2.45, 2.75) is 39.5 Å². The van der Waals surface area contributed by atoms with Gasteiger partial charge in [-0.05, 0) is 25.2 Å². The Hall–Kier alpha value is -0.610. The normalized spacial score (nSPS) is 10.6. The van der Waals surface area contributed by atoms with Crippen molar-refractivity contribution in [2.75, 3.05) is 13.2 Å². The van der Waals surface area contributed by atoms with E-state index in [1.165, 1.54) is 6.42 Å². The standard InChI is InChI=1S/C10H22N2O2/c1-9(2)5-3-7-14-8-4-6-10(13)12-11/h9H,3-8,11H2,1-2H3,(H,12,13). The fourth-order valence-corrected chi connectivity index (χ4v) is 1.10. The van der Waals surface area contributed by atoms with Gasteiger partial charge in [0.05, 0.1) is 0 Å². The Morgan fingerprint density at radius 2 is 2.00 bits per heavy atom. The van der Waals surface area contributed by atoms with Crippen molar-refractivity contribution in [3.05, 3.63) is 0 Å². The van der Waals surface area contributed by atoms with E-state index in [1.54, 1.807) is 0 Å². The van der Waals surface area contributed by atoms with Crippen molar-refractivity contribution < 1.29 is 9.53 Å². The summed E-state index contributed by atoms with van der Waals surface area (Å²) in [5, 5.41) is 0. The lowest BCUT2D eigenvalue weighted by molar-refractivity contribution is -0.121. The molecular weight excluding hydrogens is 180 g/mol. The van der Waals surface area contributed by atoms with Crippen LogP contribution in [0.2, 0.25) is 0 Å². The Kier molecular flexibility index (Phi) is 8.57. The minimum atomic E-state index is -0.129. The second-order valence-electron chi connectivity index (χ2n) is 3.82. The summed E-state index contributed by atoms with van der Waals surface area (Å²) in [5.41, 5.74) is 2.09. The number of amides is 1. The first kappa shape index (κ1) is 13.4. The summed E-state index contributed by atoms with van der Waals surface area (Å²) in [5.74, 6) is 5.54. The number of nitrogens with two attached hydrogens (primary N) is 1. The van der Waals surface area contributed by atoms with Gasteiger partial charge in [0, 0.05) is 19.6 Å². The van der Waals surface area contributed by atoms with Crippen molar-refractivity contribution in [1.82, 2.24) is 5.43 Å². The highest BCUT2D eigenvalue weighted by Crippen LogP contribution is 2.03. The highest BCUT2D eigenvalue weighted by molar-refractivity contribution is 5.75. The maximum Gasteiger partial charge on any atom is 0.233 e. The molecule has 0 aromatic carbocycles. The van der Waals surface area contributed by atoms with E-state index < -0.39 is 0 Å². The van der Waals surface area contributed by atoms with Crippen LogP contribution in [0.4, 0.5) is 0 Å². The summed E-state index contributed by atoms with van der Waals surface area (Å²) in [6, 6.07) is 0. The van der Waals surface area contributed by atoms with Crippen molar-refractivity contribution in [2.24, 2.45) is 11.8 Å². The first-order chi connectivity index (χ1) is 6.66. The van der Waals surface area contributed by atoms with Crippen LogP contribution in [0.5, 0.6) is 0 Å². The lowest BCUT2D eigenvalue weighted by atomic mass is 10.1. The van der Waals surface area contributed by atoms with Gasteiger partial charge in [0.2, 0.25) is 5.91 Å². The lowest BCUT2D eigenvalue weighted by Gasteiger charge is -2.05. The lowest BCUT2D eigenvalue weighted by Crippen LogP contribution is -2.29. The fourth-order valence-electron chi connectivity index (χ4n) is 1.10. The van der Waals surface area contributed by atoms with Gasteiger partial charge in [-0.15, -0.1) is 0 Å². The molecule has 3 N–H and O–H groups in total. The van der Waals surface area contributed by atoms with Gasteiger partial charge in [-0.2, -0.15) is 0 Å². The molecule has 84 valence electrons. The second-order valence-corrected chi connectivity index (χ2v) is 3.82. The molecule has 0 saturated heterocycles. The van der Waals surface area contributed by atoms with Crippen LogP contribution in [0.25, 0.3) is 0 Å².